The molecule has 0 bridgehead atoms. The number of piperazine rings is 1. The minimum Gasteiger partial charge on any atom is -0.445 e. The van der Waals surface area contributed by atoms with Crippen LogP contribution in [-0.2, 0) is 11.3 Å². The Labute approximate surface area is 237 Å². The molecule has 3 heterocycles. The Hall–Kier alpha value is -5.31. The zero-order valence-electron chi connectivity index (χ0n) is 22.3. The summed E-state index contributed by atoms with van der Waals surface area (Å²) < 4.78 is 5.51. The molecular weight excluding hydrogens is 516 g/mol. The molecule has 2 aromatic heterocycles. The standard InChI is InChI=1S/C32H28N6O3/c39-31(35-27-14-6-11-24-10-4-5-13-26(24)27)28-20-29(36-30(34-28)25-12-7-15-33-21-25)37-16-18-38(19-17-37)32(40)41-22-23-8-2-1-3-9-23/h1-15,20-21H,16-19,22H2,(H,35,39). The molecule has 41 heavy (non-hydrogen) atoms. The van der Waals surface area contributed by atoms with Crippen LogP contribution in [0.5, 0.6) is 0 Å². The minimum absolute atomic E-state index is 0.232. The molecule has 2 amide bonds. The molecule has 0 aliphatic carbocycles. The van der Waals surface area contributed by atoms with E-state index in [1.807, 2.05) is 78.9 Å². The van der Waals surface area contributed by atoms with E-state index in [2.05, 4.69) is 20.2 Å². The van der Waals surface area contributed by atoms with Gasteiger partial charge in [0.1, 0.15) is 18.1 Å². The number of fused-ring (bicyclic) bond motifs is 1. The van der Waals surface area contributed by atoms with Crippen molar-refractivity contribution < 1.29 is 14.3 Å². The van der Waals surface area contributed by atoms with Gasteiger partial charge in [-0.25, -0.2) is 14.8 Å². The minimum atomic E-state index is -0.345. The summed E-state index contributed by atoms with van der Waals surface area (Å²) in [6, 6.07) is 28.7. The fraction of sp³-hybridized carbons (Fsp3) is 0.156. The molecule has 0 unspecified atom stereocenters. The number of hydrogen-bond acceptors (Lipinski definition) is 7. The lowest BCUT2D eigenvalue weighted by molar-refractivity contribution is 0.0941. The van der Waals surface area contributed by atoms with Crippen LogP contribution in [0.4, 0.5) is 16.3 Å². The van der Waals surface area contributed by atoms with Gasteiger partial charge in [-0.05, 0) is 29.1 Å². The lowest BCUT2D eigenvalue weighted by Gasteiger charge is -2.35. The maximum Gasteiger partial charge on any atom is 0.410 e. The largest absolute Gasteiger partial charge is 0.445 e. The lowest BCUT2D eigenvalue weighted by Crippen LogP contribution is -2.49. The van der Waals surface area contributed by atoms with Gasteiger partial charge in [-0.1, -0.05) is 66.7 Å². The quantitative estimate of drug-likeness (QED) is 0.305. The van der Waals surface area contributed by atoms with Crippen LogP contribution in [0, 0.1) is 0 Å². The summed E-state index contributed by atoms with van der Waals surface area (Å²) in [7, 11) is 0. The van der Waals surface area contributed by atoms with Crippen LogP contribution < -0.4 is 10.2 Å². The molecule has 0 radical (unpaired) electrons. The number of anilines is 2. The third-order valence-corrected chi connectivity index (χ3v) is 6.97. The SMILES string of the molecule is O=C(Nc1cccc2ccccc12)c1cc(N2CCN(C(=O)OCc3ccccc3)CC2)nc(-c2cccnc2)n1. The fourth-order valence-corrected chi connectivity index (χ4v) is 4.79. The second-order valence-corrected chi connectivity index (χ2v) is 9.67. The molecule has 0 spiro atoms. The predicted molar refractivity (Wildman–Crippen MR) is 158 cm³/mol. The second-order valence-electron chi connectivity index (χ2n) is 9.67. The van der Waals surface area contributed by atoms with Gasteiger partial charge in [0.25, 0.3) is 5.91 Å². The van der Waals surface area contributed by atoms with E-state index < -0.39 is 0 Å². The fourth-order valence-electron chi connectivity index (χ4n) is 4.79. The summed E-state index contributed by atoms with van der Waals surface area (Å²) in [6.07, 6.45) is 3.01. The van der Waals surface area contributed by atoms with E-state index in [0.717, 1.165) is 16.3 Å². The average Bonchev–Trinajstić information content (AvgIpc) is 3.04. The van der Waals surface area contributed by atoms with Gasteiger partial charge in [0.05, 0.1) is 0 Å². The third-order valence-electron chi connectivity index (χ3n) is 6.97. The number of hydrogen-bond donors (Lipinski definition) is 1. The highest BCUT2D eigenvalue weighted by molar-refractivity contribution is 6.08. The number of benzene rings is 3. The van der Waals surface area contributed by atoms with Gasteiger partial charge in [-0.15, -0.1) is 0 Å². The van der Waals surface area contributed by atoms with Crippen molar-refractivity contribution in [2.45, 2.75) is 6.61 Å². The first-order chi connectivity index (χ1) is 20.1. The van der Waals surface area contributed by atoms with Crippen molar-refractivity contribution in [3.8, 4) is 11.4 Å². The molecule has 1 aliphatic rings. The Bertz CT molecular complexity index is 1670. The Morgan fingerprint density at radius 1 is 0.829 bits per heavy atom. The molecule has 5 aromatic rings. The summed E-state index contributed by atoms with van der Waals surface area (Å²) in [5.74, 6) is 0.681. The molecule has 9 heteroatoms. The first-order valence-corrected chi connectivity index (χ1v) is 13.4. The summed E-state index contributed by atoms with van der Waals surface area (Å²) >= 11 is 0. The van der Waals surface area contributed by atoms with Gasteiger partial charge in [0.15, 0.2) is 5.82 Å². The van der Waals surface area contributed by atoms with Crippen LogP contribution in [0.25, 0.3) is 22.2 Å². The van der Waals surface area contributed by atoms with Crippen LogP contribution in [-0.4, -0.2) is 58.0 Å². The highest BCUT2D eigenvalue weighted by Crippen LogP contribution is 2.25. The first kappa shape index (κ1) is 25.9. The van der Waals surface area contributed by atoms with Gasteiger partial charge in [-0.2, -0.15) is 0 Å². The molecule has 1 aliphatic heterocycles. The van der Waals surface area contributed by atoms with Crippen molar-refractivity contribution in [2.24, 2.45) is 0 Å². The molecule has 1 N–H and O–H groups in total. The van der Waals surface area contributed by atoms with Gasteiger partial charge in [0.2, 0.25) is 0 Å². The summed E-state index contributed by atoms with van der Waals surface area (Å²) in [4.78, 5) is 43.5. The first-order valence-electron chi connectivity index (χ1n) is 13.4. The van der Waals surface area contributed by atoms with Gasteiger partial charge < -0.3 is 19.9 Å². The number of aromatic nitrogens is 3. The van der Waals surface area contributed by atoms with E-state index >= 15 is 0 Å². The number of pyridine rings is 1. The van der Waals surface area contributed by atoms with E-state index in [-0.39, 0.29) is 24.3 Å². The number of amides is 2. The number of carbonyl (C=O) groups is 2. The summed E-state index contributed by atoms with van der Waals surface area (Å²) in [5, 5.41) is 5.00. The third kappa shape index (κ3) is 5.99. The topological polar surface area (TPSA) is 101 Å². The zero-order valence-corrected chi connectivity index (χ0v) is 22.3. The molecule has 0 atom stereocenters. The highest BCUT2D eigenvalue weighted by Gasteiger charge is 2.25. The predicted octanol–water partition coefficient (Wildman–Crippen LogP) is 5.40. The number of nitrogens with zero attached hydrogens (tertiary/aromatic N) is 5. The number of ether oxygens (including phenoxy) is 1. The molecule has 9 nitrogen and oxygen atoms in total. The number of nitrogens with one attached hydrogen (secondary N) is 1. The average molecular weight is 545 g/mol. The van der Waals surface area contributed by atoms with E-state index in [1.165, 1.54) is 0 Å². The van der Waals surface area contributed by atoms with Crippen molar-refractivity contribution in [1.29, 1.82) is 0 Å². The lowest BCUT2D eigenvalue weighted by atomic mass is 10.1. The zero-order chi connectivity index (χ0) is 28.0. The number of rotatable bonds is 6. The smallest absolute Gasteiger partial charge is 0.410 e. The van der Waals surface area contributed by atoms with Crippen LogP contribution in [0.1, 0.15) is 16.1 Å². The maximum atomic E-state index is 13.5. The Balaban J connectivity index is 1.21. The summed E-state index contributed by atoms with van der Waals surface area (Å²) in [5.41, 5.74) is 2.60. The van der Waals surface area contributed by atoms with Crippen LogP contribution in [0.15, 0.2) is 103 Å². The van der Waals surface area contributed by atoms with Crippen LogP contribution >= 0.6 is 0 Å². The number of carbonyl (C=O) groups excluding carboxylic acids is 2. The molecule has 1 saturated heterocycles. The van der Waals surface area contributed by atoms with E-state index in [0.29, 0.717) is 49.1 Å². The van der Waals surface area contributed by atoms with E-state index in [1.54, 1.807) is 29.4 Å². The van der Waals surface area contributed by atoms with Crippen LogP contribution in [0.3, 0.4) is 0 Å². The van der Waals surface area contributed by atoms with Crippen molar-refractivity contribution in [3.05, 3.63) is 115 Å². The Morgan fingerprint density at radius 2 is 1.61 bits per heavy atom. The van der Waals surface area contributed by atoms with Crippen molar-refractivity contribution in [2.75, 3.05) is 36.4 Å². The monoisotopic (exact) mass is 544 g/mol. The Morgan fingerprint density at radius 3 is 2.41 bits per heavy atom. The second kappa shape index (κ2) is 11.8. The van der Waals surface area contributed by atoms with E-state index in [4.69, 9.17) is 9.72 Å². The molecule has 0 saturated carbocycles. The summed E-state index contributed by atoms with van der Waals surface area (Å²) in [6.45, 7) is 2.24. The molecule has 1 fully saturated rings. The molecule has 3 aromatic carbocycles. The van der Waals surface area contributed by atoms with E-state index in [9.17, 15) is 9.59 Å². The Kier molecular flexibility index (Phi) is 7.49. The highest BCUT2D eigenvalue weighted by atomic mass is 16.6. The van der Waals surface area contributed by atoms with Gasteiger partial charge in [0, 0.05) is 61.3 Å². The van der Waals surface area contributed by atoms with Crippen molar-refractivity contribution in [1.82, 2.24) is 19.9 Å². The molecular formula is C32H28N6O3. The van der Waals surface area contributed by atoms with Crippen molar-refractivity contribution >= 4 is 34.3 Å². The van der Waals surface area contributed by atoms with Crippen molar-refractivity contribution in [3.63, 3.8) is 0 Å². The molecule has 204 valence electrons. The van der Waals surface area contributed by atoms with Gasteiger partial charge >= 0.3 is 6.09 Å². The maximum absolute atomic E-state index is 13.5. The van der Waals surface area contributed by atoms with Crippen LogP contribution in [0.2, 0.25) is 0 Å². The van der Waals surface area contributed by atoms with Gasteiger partial charge in [-0.3, -0.25) is 9.78 Å². The molecule has 6 rings (SSSR count). The normalized spacial score (nSPS) is 13.2.